The Labute approximate surface area is 99.0 Å². The molecule has 17 heavy (non-hydrogen) atoms. The summed E-state index contributed by atoms with van der Waals surface area (Å²) in [5.41, 5.74) is 0.758. The van der Waals surface area contributed by atoms with E-state index >= 15 is 0 Å². The largest absolute Gasteiger partial charge is 0.481 e. The number of hydrogen-bond donors (Lipinski definition) is 1. The first-order valence-electron chi connectivity index (χ1n) is 5.87. The molecule has 0 aromatic rings. The lowest BCUT2D eigenvalue weighted by Crippen LogP contribution is -2.30. The molecular weight excluding hydrogens is 222 g/mol. The van der Waals surface area contributed by atoms with Crippen molar-refractivity contribution in [3.8, 4) is 0 Å². The van der Waals surface area contributed by atoms with Crippen molar-refractivity contribution in [2.75, 3.05) is 0 Å². The lowest BCUT2D eigenvalue weighted by Gasteiger charge is -2.32. The molecule has 0 spiro atoms. The highest BCUT2D eigenvalue weighted by Crippen LogP contribution is 2.39. The molecule has 2 aliphatic rings. The van der Waals surface area contributed by atoms with Gasteiger partial charge in [0.1, 0.15) is 0 Å². The van der Waals surface area contributed by atoms with Gasteiger partial charge in [0.2, 0.25) is 5.70 Å². The number of aliphatic carboxylic acids is 1. The Kier molecular flexibility index (Phi) is 3.26. The van der Waals surface area contributed by atoms with Crippen LogP contribution < -0.4 is 0 Å². The van der Waals surface area contributed by atoms with Gasteiger partial charge >= 0.3 is 5.97 Å². The van der Waals surface area contributed by atoms with Gasteiger partial charge in [-0.3, -0.25) is 14.9 Å². The zero-order chi connectivity index (χ0) is 12.4. The van der Waals surface area contributed by atoms with Gasteiger partial charge in [0.15, 0.2) is 0 Å². The highest BCUT2D eigenvalue weighted by molar-refractivity contribution is 5.75. The quantitative estimate of drug-likeness (QED) is 0.601. The molecule has 0 saturated heterocycles. The normalized spacial score (nSPS) is 22.1. The molecular formula is C12H15NO4. The highest BCUT2D eigenvalue weighted by Gasteiger charge is 2.36. The van der Waals surface area contributed by atoms with Gasteiger partial charge in [0.05, 0.1) is 10.8 Å². The van der Waals surface area contributed by atoms with Gasteiger partial charge in [-0.1, -0.05) is 12.5 Å². The molecule has 5 heteroatoms. The van der Waals surface area contributed by atoms with Crippen LogP contribution in [-0.2, 0) is 4.79 Å². The van der Waals surface area contributed by atoms with Gasteiger partial charge in [-0.05, 0) is 30.8 Å². The summed E-state index contributed by atoms with van der Waals surface area (Å²) in [5, 5.41) is 20.0. The fraction of sp³-hybridized carbons (Fsp3) is 0.583. The van der Waals surface area contributed by atoms with Gasteiger partial charge in [0.25, 0.3) is 0 Å². The minimum atomic E-state index is -0.859. The molecule has 0 aromatic heterocycles. The maximum Gasteiger partial charge on any atom is 0.311 e. The Bertz CT molecular complexity index is 407. The molecule has 0 bridgehead atoms. The molecule has 0 radical (unpaired) electrons. The van der Waals surface area contributed by atoms with Crippen LogP contribution >= 0.6 is 0 Å². The standard InChI is InChI=1S/C12H15NO4/c14-12(15)11(8-3-1-4-8)9-5-2-6-10(7-9)13(16)17/h5,7-8,11H,1-4,6H2,(H,14,15). The average molecular weight is 237 g/mol. The summed E-state index contributed by atoms with van der Waals surface area (Å²) in [5.74, 6) is -1.26. The monoisotopic (exact) mass is 237 g/mol. The van der Waals surface area contributed by atoms with E-state index in [1.807, 2.05) is 6.08 Å². The number of nitro groups is 1. The molecule has 1 atom stereocenters. The van der Waals surface area contributed by atoms with Crippen LogP contribution in [0.15, 0.2) is 23.4 Å². The first-order valence-corrected chi connectivity index (χ1v) is 5.87. The van der Waals surface area contributed by atoms with E-state index in [9.17, 15) is 20.0 Å². The molecule has 0 aromatic carbocycles. The third-order valence-electron chi connectivity index (χ3n) is 3.59. The maximum atomic E-state index is 11.3. The van der Waals surface area contributed by atoms with Crippen LogP contribution in [0.4, 0.5) is 0 Å². The van der Waals surface area contributed by atoms with Crippen molar-refractivity contribution < 1.29 is 14.8 Å². The van der Waals surface area contributed by atoms with E-state index in [4.69, 9.17) is 0 Å². The molecule has 1 unspecified atom stereocenters. The molecule has 1 fully saturated rings. The lowest BCUT2D eigenvalue weighted by molar-refractivity contribution is -0.428. The minimum Gasteiger partial charge on any atom is -0.481 e. The molecule has 2 rings (SSSR count). The summed E-state index contributed by atoms with van der Waals surface area (Å²) in [4.78, 5) is 21.6. The fourth-order valence-electron chi connectivity index (χ4n) is 2.46. The van der Waals surface area contributed by atoms with Crippen LogP contribution in [-0.4, -0.2) is 16.0 Å². The number of carboxylic acid groups (broad SMARTS) is 1. The van der Waals surface area contributed by atoms with Crippen LogP contribution in [0.5, 0.6) is 0 Å². The molecule has 5 nitrogen and oxygen atoms in total. The first kappa shape index (κ1) is 11.8. The van der Waals surface area contributed by atoms with Crippen LogP contribution in [0.3, 0.4) is 0 Å². The number of rotatable bonds is 4. The van der Waals surface area contributed by atoms with Crippen molar-refractivity contribution in [3.63, 3.8) is 0 Å². The molecule has 0 heterocycles. The van der Waals surface area contributed by atoms with Crippen molar-refractivity contribution in [1.82, 2.24) is 0 Å². The Morgan fingerprint density at radius 1 is 1.53 bits per heavy atom. The van der Waals surface area contributed by atoms with E-state index in [-0.39, 0.29) is 11.6 Å². The molecule has 1 N–H and O–H groups in total. The topological polar surface area (TPSA) is 80.4 Å². The van der Waals surface area contributed by atoms with E-state index in [1.165, 1.54) is 6.08 Å². The minimum absolute atomic E-state index is 0.132. The second-order valence-corrected chi connectivity index (χ2v) is 4.64. The van der Waals surface area contributed by atoms with Gasteiger partial charge in [-0.25, -0.2) is 0 Å². The van der Waals surface area contributed by atoms with E-state index in [0.717, 1.165) is 19.3 Å². The third kappa shape index (κ3) is 2.38. The van der Waals surface area contributed by atoms with Gasteiger partial charge < -0.3 is 5.11 Å². The summed E-state index contributed by atoms with van der Waals surface area (Å²) >= 11 is 0. The van der Waals surface area contributed by atoms with Crippen molar-refractivity contribution in [3.05, 3.63) is 33.5 Å². The van der Waals surface area contributed by atoms with Crippen LogP contribution in [0.2, 0.25) is 0 Å². The number of carboxylic acids is 1. The van der Waals surface area contributed by atoms with E-state index < -0.39 is 16.8 Å². The zero-order valence-electron chi connectivity index (χ0n) is 9.46. The van der Waals surface area contributed by atoms with Crippen molar-refractivity contribution in [2.24, 2.45) is 11.8 Å². The predicted octanol–water partition coefficient (Wildman–Crippen LogP) is 2.37. The SMILES string of the molecule is O=C(O)C(C1=CCCC([N+](=O)[O-])=C1)C1CCC1. The first-order chi connectivity index (χ1) is 8.09. The molecule has 0 amide bonds. The van der Waals surface area contributed by atoms with Gasteiger partial charge in [-0.2, -0.15) is 0 Å². The Hall–Kier alpha value is -1.65. The summed E-state index contributed by atoms with van der Waals surface area (Å²) in [6, 6.07) is 0. The van der Waals surface area contributed by atoms with E-state index in [0.29, 0.717) is 18.4 Å². The van der Waals surface area contributed by atoms with Crippen LogP contribution in [0, 0.1) is 22.0 Å². The molecule has 2 aliphatic carbocycles. The van der Waals surface area contributed by atoms with Crippen molar-refractivity contribution in [2.45, 2.75) is 32.1 Å². The number of hydrogen-bond acceptors (Lipinski definition) is 3. The van der Waals surface area contributed by atoms with E-state index in [1.54, 1.807) is 0 Å². The number of allylic oxidation sites excluding steroid dienone is 3. The maximum absolute atomic E-state index is 11.3. The smallest absolute Gasteiger partial charge is 0.311 e. The predicted molar refractivity (Wildman–Crippen MR) is 60.9 cm³/mol. The summed E-state index contributed by atoms with van der Waals surface area (Å²) < 4.78 is 0. The van der Waals surface area contributed by atoms with E-state index in [2.05, 4.69) is 0 Å². The summed E-state index contributed by atoms with van der Waals surface area (Å²) in [6.45, 7) is 0. The summed E-state index contributed by atoms with van der Waals surface area (Å²) in [6.07, 6.45) is 7.15. The molecule has 0 aliphatic heterocycles. The third-order valence-corrected chi connectivity index (χ3v) is 3.59. The van der Waals surface area contributed by atoms with Gasteiger partial charge in [0, 0.05) is 12.5 Å². The Balaban J connectivity index is 2.21. The highest BCUT2D eigenvalue weighted by atomic mass is 16.6. The fourth-order valence-corrected chi connectivity index (χ4v) is 2.46. The zero-order valence-corrected chi connectivity index (χ0v) is 9.46. The van der Waals surface area contributed by atoms with Crippen LogP contribution in [0.25, 0.3) is 0 Å². The van der Waals surface area contributed by atoms with Crippen LogP contribution in [0.1, 0.15) is 32.1 Å². The van der Waals surface area contributed by atoms with Crippen molar-refractivity contribution in [1.29, 1.82) is 0 Å². The number of nitrogens with zero attached hydrogens (tertiary/aromatic N) is 1. The van der Waals surface area contributed by atoms with Gasteiger partial charge in [-0.15, -0.1) is 0 Å². The lowest BCUT2D eigenvalue weighted by atomic mass is 9.72. The Morgan fingerprint density at radius 2 is 2.24 bits per heavy atom. The average Bonchev–Trinajstić information content (AvgIpc) is 2.22. The Morgan fingerprint density at radius 3 is 2.71 bits per heavy atom. The molecule has 92 valence electrons. The number of carbonyl (C=O) groups is 1. The summed E-state index contributed by atoms with van der Waals surface area (Å²) in [7, 11) is 0. The second-order valence-electron chi connectivity index (χ2n) is 4.64. The van der Waals surface area contributed by atoms with Crippen molar-refractivity contribution >= 4 is 5.97 Å². The molecule has 1 saturated carbocycles. The second kappa shape index (κ2) is 4.69.